The number of hydrogen-bond acceptors (Lipinski definition) is 4. The van der Waals surface area contributed by atoms with Crippen LogP contribution in [0.5, 0.6) is 0 Å². The molecule has 2 aromatic rings. The van der Waals surface area contributed by atoms with Gasteiger partial charge in [-0.2, -0.15) is 0 Å². The van der Waals surface area contributed by atoms with Gasteiger partial charge >= 0.3 is 0 Å². The molecule has 0 aliphatic carbocycles. The maximum absolute atomic E-state index is 12.0. The zero-order chi connectivity index (χ0) is 16.4. The number of benzene rings is 2. The number of hydrogen-bond donors (Lipinski definition) is 2. The van der Waals surface area contributed by atoms with Gasteiger partial charge in [-0.1, -0.05) is 29.8 Å². The van der Waals surface area contributed by atoms with Crippen LogP contribution in [0, 0.1) is 10.1 Å². The summed E-state index contributed by atoms with van der Waals surface area (Å²) in [5.41, 5.74) is 2.42. The van der Waals surface area contributed by atoms with E-state index in [4.69, 9.17) is 11.6 Å². The molecule has 1 aliphatic rings. The minimum atomic E-state index is -0.491. The number of nitrogens with one attached hydrogen (secondary N) is 2. The molecule has 2 aromatic carbocycles. The molecule has 1 aliphatic heterocycles. The summed E-state index contributed by atoms with van der Waals surface area (Å²) < 4.78 is 0. The molecule has 1 heterocycles. The van der Waals surface area contributed by atoms with Gasteiger partial charge in [0.2, 0.25) is 5.91 Å². The summed E-state index contributed by atoms with van der Waals surface area (Å²) in [6.07, 6.45) is 0.607. The smallest absolute Gasteiger partial charge is 0.271 e. The molecule has 0 bridgehead atoms. The number of rotatable bonds is 5. The van der Waals surface area contributed by atoms with Crippen molar-refractivity contribution in [3.63, 3.8) is 0 Å². The number of carbonyl (C=O) groups excluding carboxylic acids is 1. The van der Waals surface area contributed by atoms with Gasteiger partial charge in [-0.15, -0.1) is 0 Å². The number of non-ortho nitro benzene ring substituents is 1. The van der Waals surface area contributed by atoms with Gasteiger partial charge in [0, 0.05) is 24.4 Å². The molecular formula is C16H14ClN3O3. The lowest BCUT2D eigenvalue weighted by Crippen LogP contribution is -2.15. The Kier molecular flexibility index (Phi) is 4.16. The van der Waals surface area contributed by atoms with Crippen molar-refractivity contribution in [1.29, 1.82) is 0 Å². The normalized spacial score (nSPS) is 15.9. The number of fused-ring (bicyclic) bond motifs is 1. The lowest BCUT2D eigenvalue weighted by atomic mass is 9.97. The Morgan fingerprint density at radius 1 is 1.26 bits per heavy atom. The Balaban J connectivity index is 1.64. The molecule has 0 unspecified atom stereocenters. The number of carbonyl (C=O) groups is 1. The predicted molar refractivity (Wildman–Crippen MR) is 89.0 cm³/mol. The molecule has 0 saturated carbocycles. The zero-order valence-electron chi connectivity index (χ0n) is 12.1. The summed E-state index contributed by atoms with van der Waals surface area (Å²) in [6.45, 7) is 0.532. The molecule has 0 saturated heterocycles. The Morgan fingerprint density at radius 3 is 2.78 bits per heavy atom. The SMILES string of the molecule is O=C1Nc2ccccc2[C@H]1CCNc1ccc([N+](=O)[O-])cc1Cl. The minimum Gasteiger partial charge on any atom is -0.384 e. The molecule has 118 valence electrons. The highest BCUT2D eigenvalue weighted by atomic mass is 35.5. The van der Waals surface area contributed by atoms with Gasteiger partial charge in [0.15, 0.2) is 0 Å². The second-order valence-electron chi connectivity index (χ2n) is 5.27. The highest BCUT2D eigenvalue weighted by Crippen LogP contribution is 2.34. The third kappa shape index (κ3) is 3.12. The van der Waals surface area contributed by atoms with Gasteiger partial charge in [-0.3, -0.25) is 14.9 Å². The van der Waals surface area contributed by atoms with E-state index in [1.54, 1.807) is 6.07 Å². The van der Waals surface area contributed by atoms with Crippen molar-refractivity contribution in [2.24, 2.45) is 0 Å². The Hall–Kier alpha value is -2.60. The van der Waals surface area contributed by atoms with Gasteiger partial charge in [0.25, 0.3) is 5.69 Å². The molecule has 0 spiro atoms. The fourth-order valence-electron chi connectivity index (χ4n) is 2.67. The summed E-state index contributed by atoms with van der Waals surface area (Å²) in [4.78, 5) is 22.2. The predicted octanol–water partition coefficient (Wildman–Crippen LogP) is 3.79. The van der Waals surface area contributed by atoms with Crippen molar-refractivity contribution in [3.05, 3.63) is 63.2 Å². The Labute approximate surface area is 137 Å². The van der Waals surface area contributed by atoms with Crippen molar-refractivity contribution in [1.82, 2.24) is 0 Å². The average molecular weight is 332 g/mol. The average Bonchev–Trinajstić information content (AvgIpc) is 2.84. The fraction of sp³-hybridized carbons (Fsp3) is 0.188. The van der Waals surface area contributed by atoms with E-state index in [1.807, 2.05) is 24.3 Å². The van der Waals surface area contributed by atoms with Crippen molar-refractivity contribution in [2.75, 3.05) is 17.2 Å². The fourth-order valence-corrected chi connectivity index (χ4v) is 2.92. The van der Waals surface area contributed by atoms with E-state index in [0.29, 0.717) is 18.7 Å². The maximum Gasteiger partial charge on any atom is 0.271 e. The van der Waals surface area contributed by atoms with Crippen LogP contribution in [-0.2, 0) is 4.79 Å². The number of anilines is 2. The van der Waals surface area contributed by atoms with Crippen LogP contribution in [-0.4, -0.2) is 17.4 Å². The highest BCUT2D eigenvalue weighted by Gasteiger charge is 2.29. The molecule has 3 rings (SSSR count). The number of nitrogens with zero attached hydrogens (tertiary/aromatic N) is 1. The first-order valence-corrected chi connectivity index (χ1v) is 7.51. The molecule has 6 nitrogen and oxygen atoms in total. The first kappa shape index (κ1) is 15.3. The van der Waals surface area contributed by atoms with Crippen molar-refractivity contribution < 1.29 is 9.72 Å². The van der Waals surface area contributed by atoms with E-state index in [2.05, 4.69) is 10.6 Å². The summed E-state index contributed by atoms with van der Waals surface area (Å²) in [5, 5.41) is 17.0. The molecule has 23 heavy (non-hydrogen) atoms. The molecule has 1 amide bonds. The largest absolute Gasteiger partial charge is 0.384 e. The molecule has 1 atom stereocenters. The number of para-hydroxylation sites is 1. The molecule has 0 fully saturated rings. The molecule has 2 N–H and O–H groups in total. The van der Waals surface area contributed by atoms with Crippen molar-refractivity contribution >= 4 is 34.6 Å². The number of halogens is 1. The lowest BCUT2D eigenvalue weighted by Gasteiger charge is -2.11. The van der Waals surface area contributed by atoms with E-state index < -0.39 is 4.92 Å². The molecule has 7 heteroatoms. The Bertz CT molecular complexity index is 779. The van der Waals surface area contributed by atoms with Gasteiger partial charge in [-0.25, -0.2) is 0 Å². The van der Waals surface area contributed by atoms with Gasteiger partial charge in [-0.05, 0) is 24.1 Å². The minimum absolute atomic E-state index is 0.0113. The monoisotopic (exact) mass is 331 g/mol. The van der Waals surface area contributed by atoms with E-state index in [-0.39, 0.29) is 22.5 Å². The third-order valence-electron chi connectivity index (χ3n) is 3.82. The second kappa shape index (κ2) is 6.26. The number of nitro groups is 1. The van der Waals surface area contributed by atoms with Crippen LogP contribution in [0.2, 0.25) is 5.02 Å². The van der Waals surface area contributed by atoms with E-state index in [1.165, 1.54) is 12.1 Å². The van der Waals surface area contributed by atoms with E-state index >= 15 is 0 Å². The summed E-state index contributed by atoms with van der Waals surface area (Å²) in [7, 11) is 0. The van der Waals surface area contributed by atoms with Crippen molar-refractivity contribution in [2.45, 2.75) is 12.3 Å². The van der Waals surface area contributed by atoms with Crippen molar-refractivity contribution in [3.8, 4) is 0 Å². The van der Waals surface area contributed by atoms with E-state index in [9.17, 15) is 14.9 Å². The topological polar surface area (TPSA) is 84.3 Å². The second-order valence-corrected chi connectivity index (χ2v) is 5.67. The van der Waals surface area contributed by atoms with Gasteiger partial charge in [0.05, 0.1) is 21.6 Å². The maximum atomic E-state index is 12.0. The number of amides is 1. The van der Waals surface area contributed by atoms with Crippen LogP contribution < -0.4 is 10.6 Å². The molecule has 0 aromatic heterocycles. The molecular weight excluding hydrogens is 318 g/mol. The summed E-state index contributed by atoms with van der Waals surface area (Å²) in [6, 6.07) is 11.9. The van der Waals surface area contributed by atoms with Crippen LogP contribution in [0.25, 0.3) is 0 Å². The lowest BCUT2D eigenvalue weighted by molar-refractivity contribution is -0.384. The van der Waals surface area contributed by atoms with Crippen LogP contribution in [0.4, 0.5) is 17.1 Å². The standard InChI is InChI=1S/C16H14ClN3O3/c17-13-9-10(20(22)23)5-6-15(13)18-8-7-12-11-3-1-2-4-14(11)19-16(12)21/h1-6,9,12,18H,7-8H2,(H,19,21)/t12-/m1/s1. The first-order chi connectivity index (χ1) is 11.1. The van der Waals surface area contributed by atoms with E-state index in [0.717, 1.165) is 11.3 Å². The highest BCUT2D eigenvalue weighted by molar-refractivity contribution is 6.33. The van der Waals surface area contributed by atoms with Gasteiger partial charge in [0.1, 0.15) is 0 Å². The quantitative estimate of drug-likeness (QED) is 0.645. The summed E-state index contributed by atoms with van der Waals surface area (Å²) >= 11 is 6.03. The zero-order valence-corrected chi connectivity index (χ0v) is 12.8. The molecule has 0 radical (unpaired) electrons. The van der Waals surface area contributed by atoms with Gasteiger partial charge < -0.3 is 10.6 Å². The first-order valence-electron chi connectivity index (χ1n) is 7.14. The van der Waals surface area contributed by atoms with Crippen LogP contribution in [0.3, 0.4) is 0 Å². The Morgan fingerprint density at radius 2 is 2.04 bits per heavy atom. The van der Waals surface area contributed by atoms with Crippen LogP contribution in [0.1, 0.15) is 17.9 Å². The summed E-state index contributed by atoms with van der Waals surface area (Å²) in [5.74, 6) is -0.210. The number of nitro benzene ring substituents is 1. The van der Waals surface area contributed by atoms with Crippen LogP contribution >= 0.6 is 11.6 Å². The third-order valence-corrected chi connectivity index (χ3v) is 4.14. The van der Waals surface area contributed by atoms with Crippen LogP contribution in [0.15, 0.2) is 42.5 Å².